The number of anilines is 1. The first-order chi connectivity index (χ1) is 12.7. The van der Waals surface area contributed by atoms with Crippen molar-refractivity contribution in [2.75, 3.05) is 12.0 Å². The summed E-state index contributed by atoms with van der Waals surface area (Å²) in [7, 11) is 1.64. The number of nitrogens with zero attached hydrogens (tertiary/aromatic N) is 2. The lowest BCUT2D eigenvalue weighted by Crippen LogP contribution is -2.37. The zero-order valence-electron chi connectivity index (χ0n) is 14.7. The number of hydrogen-bond acceptors (Lipinski definition) is 3. The van der Waals surface area contributed by atoms with Gasteiger partial charge >= 0.3 is 0 Å². The first kappa shape index (κ1) is 17.5. The largest absolute Gasteiger partial charge is 0.497 e. The molecule has 132 valence electrons. The first-order valence-electron chi connectivity index (χ1n) is 8.39. The van der Waals surface area contributed by atoms with Gasteiger partial charge in [0.25, 0.3) is 0 Å². The zero-order valence-corrected chi connectivity index (χ0v) is 14.7. The molecule has 0 atom stereocenters. The summed E-state index contributed by atoms with van der Waals surface area (Å²) < 4.78 is 5.20. The van der Waals surface area contributed by atoms with E-state index in [1.165, 1.54) is 5.56 Å². The Hall–Kier alpha value is -3.34. The number of ether oxygens (including phenoxy) is 1. The predicted octanol–water partition coefficient (Wildman–Crippen LogP) is 3.58. The molecule has 0 bridgehead atoms. The normalized spacial score (nSPS) is 10.3. The zero-order chi connectivity index (χ0) is 18.4. The van der Waals surface area contributed by atoms with Crippen LogP contribution in [0.4, 0.5) is 5.82 Å². The topological polar surface area (TPSA) is 75.2 Å². The van der Waals surface area contributed by atoms with Crippen LogP contribution in [0.15, 0.2) is 72.9 Å². The van der Waals surface area contributed by atoms with E-state index < -0.39 is 0 Å². The Bertz CT molecular complexity index is 863. The van der Waals surface area contributed by atoms with Gasteiger partial charge in [-0.15, -0.1) is 0 Å². The standard InChI is InChI=1S/C21H22N4O/c1-26-19-11-9-17(10-12-19)15-25(21(22)23)20-18(8-5-13-24-20)14-16-6-3-2-4-7-16/h2-13H,14-15H2,1H3,(H3,22,23). The van der Waals surface area contributed by atoms with Crippen LogP contribution < -0.4 is 15.4 Å². The molecule has 26 heavy (non-hydrogen) atoms. The molecule has 1 aromatic heterocycles. The molecule has 0 radical (unpaired) electrons. The van der Waals surface area contributed by atoms with Crippen LogP contribution >= 0.6 is 0 Å². The number of nitrogens with two attached hydrogens (primary N) is 1. The molecule has 3 rings (SSSR count). The lowest BCUT2D eigenvalue weighted by molar-refractivity contribution is 0.414. The summed E-state index contributed by atoms with van der Waals surface area (Å²) in [6.45, 7) is 0.470. The molecule has 0 saturated heterocycles. The minimum absolute atomic E-state index is 0.0335. The Morgan fingerprint density at radius 2 is 1.73 bits per heavy atom. The van der Waals surface area contributed by atoms with E-state index in [0.29, 0.717) is 12.4 Å². The van der Waals surface area contributed by atoms with Gasteiger partial charge in [0, 0.05) is 12.6 Å². The number of benzene rings is 2. The molecule has 0 spiro atoms. The van der Waals surface area contributed by atoms with E-state index in [1.54, 1.807) is 18.2 Å². The van der Waals surface area contributed by atoms with E-state index in [2.05, 4.69) is 17.1 Å². The van der Waals surface area contributed by atoms with Crippen molar-refractivity contribution < 1.29 is 4.74 Å². The molecule has 0 amide bonds. The maximum Gasteiger partial charge on any atom is 0.194 e. The summed E-state index contributed by atoms with van der Waals surface area (Å²) in [6, 6.07) is 21.9. The molecule has 3 N–H and O–H groups in total. The van der Waals surface area contributed by atoms with Crippen molar-refractivity contribution >= 4 is 11.8 Å². The van der Waals surface area contributed by atoms with Gasteiger partial charge in [-0.25, -0.2) is 4.98 Å². The highest BCUT2D eigenvalue weighted by Crippen LogP contribution is 2.23. The van der Waals surface area contributed by atoms with E-state index in [4.69, 9.17) is 15.9 Å². The minimum Gasteiger partial charge on any atom is -0.497 e. The highest BCUT2D eigenvalue weighted by Gasteiger charge is 2.16. The number of pyridine rings is 1. The molecule has 5 nitrogen and oxygen atoms in total. The van der Waals surface area contributed by atoms with Gasteiger partial charge in [0.1, 0.15) is 11.6 Å². The van der Waals surface area contributed by atoms with Crippen LogP contribution in [-0.4, -0.2) is 18.1 Å². The number of aromatic nitrogens is 1. The molecule has 0 fully saturated rings. The fourth-order valence-electron chi connectivity index (χ4n) is 2.81. The second-order valence-electron chi connectivity index (χ2n) is 5.97. The number of methoxy groups -OCH3 is 1. The summed E-state index contributed by atoms with van der Waals surface area (Å²) in [5.41, 5.74) is 9.12. The van der Waals surface area contributed by atoms with E-state index >= 15 is 0 Å². The van der Waals surface area contributed by atoms with Crippen molar-refractivity contribution in [1.29, 1.82) is 5.41 Å². The van der Waals surface area contributed by atoms with Gasteiger partial charge in [-0.3, -0.25) is 10.3 Å². The summed E-state index contributed by atoms with van der Waals surface area (Å²) in [6.07, 6.45) is 2.46. The third-order valence-corrected chi connectivity index (χ3v) is 4.15. The number of hydrogen-bond donors (Lipinski definition) is 2. The van der Waals surface area contributed by atoms with E-state index in [0.717, 1.165) is 23.3 Å². The lowest BCUT2D eigenvalue weighted by Gasteiger charge is -2.24. The van der Waals surface area contributed by atoms with Crippen molar-refractivity contribution in [2.45, 2.75) is 13.0 Å². The number of rotatable bonds is 6. The van der Waals surface area contributed by atoms with Crippen molar-refractivity contribution in [3.05, 3.63) is 89.6 Å². The maximum absolute atomic E-state index is 8.03. The molecule has 1 heterocycles. The van der Waals surface area contributed by atoms with Gasteiger partial charge in [-0.05, 0) is 34.9 Å². The minimum atomic E-state index is -0.0335. The number of nitrogens with one attached hydrogen (secondary N) is 1. The lowest BCUT2D eigenvalue weighted by atomic mass is 10.1. The van der Waals surface area contributed by atoms with Gasteiger partial charge in [-0.2, -0.15) is 0 Å². The molecular weight excluding hydrogens is 324 g/mol. The first-order valence-corrected chi connectivity index (χ1v) is 8.39. The van der Waals surface area contributed by atoms with Crippen molar-refractivity contribution in [2.24, 2.45) is 5.73 Å². The van der Waals surface area contributed by atoms with Gasteiger partial charge in [-0.1, -0.05) is 48.5 Å². The third kappa shape index (κ3) is 4.19. The van der Waals surface area contributed by atoms with Gasteiger partial charge < -0.3 is 10.5 Å². The fourth-order valence-corrected chi connectivity index (χ4v) is 2.81. The Balaban J connectivity index is 1.89. The Labute approximate surface area is 153 Å². The van der Waals surface area contributed by atoms with Crippen molar-refractivity contribution in [1.82, 2.24) is 4.98 Å². The summed E-state index contributed by atoms with van der Waals surface area (Å²) >= 11 is 0. The van der Waals surface area contributed by atoms with Crippen LogP contribution in [0.5, 0.6) is 5.75 Å². The Morgan fingerprint density at radius 1 is 1.00 bits per heavy atom. The van der Waals surface area contributed by atoms with E-state index in [1.807, 2.05) is 54.6 Å². The molecule has 3 aromatic rings. The van der Waals surface area contributed by atoms with Crippen molar-refractivity contribution in [3.8, 4) is 5.75 Å². The second-order valence-corrected chi connectivity index (χ2v) is 5.97. The molecule has 5 heteroatoms. The monoisotopic (exact) mass is 346 g/mol. The number of guanidine groups is 1. The van der Waals surface area contributed by atoms with Crippen LogP contribution in [0.2, 0.25) is 0 Å². The molecule has 0 aliphatic heterocycles. The highest BCUT2D eigenvalue weighted by atomic mass is 16.5. The van der Waals surface area contributed by atoms with Crippen LogP contribution in [0.3, 0.4) is 0 Å². The van der Waals surface area contributed by atoms with Gasteiger partial charge in [0.05, 0.1) is 13.7 Å². The molecule has 2 aromatic carbocycles. The molecule has 0 aliphatic rings. The van der Waals surface area contributed by atoms with Crippen LogP contribution in [0.25, 0.3) is 0 Å². The quantitative estimate of drug-likeness (QED) is 0.528. The summed E-state index contributed by atoms with van der Waals surface area (Å²) in [5.74, 6) is 1.47. The maximum atomic E-state index is 8.03. The summed E-state index contributed by atoms with van der Waals surface area (Å²) in [4.78, 5) is 6.23. The Morgan fingerprint density at radius 3 is 2.38 bits per heavy atom. The highest BCUT2D eigenvalue weighted by molar-refractivity contribution is 5.92. The van der Waals surface area contributed by atoms with Crippen LogP contribution in [0, 0.1) is 5.41 Å². The van der Waals surface area contributed by atoms with E-state index in [-0.39, 0.29) is 5.96 Å². The van der Waals surface area contributed by atoms with Gasteiger partial charge in [0.15, 0.2) is 5.96 Å². The third-order valence-electron chi connectivity index (χ3n) is 4.15. The molecule has 0 aliphatic carbocycles. The van der Waals surface area contributed by atoms with Crippen LogP contribution in [0.1, 0.15) is 16.7 Å². The molecule has 0 saturated carbocycles. The smallest absolute Gasteiger partial charge is 0.194 e. The Kier molecular flexibility index (Phi) is 5.49. The van der Waals surface area contributed by atoms with Crippen LogP contribution in [-0.2, 0) is 13.0 Å². The average molecular weight is 346 g/mol. The van der Waals surface area contributed by atoms with Gasteiger partial charge in [0.2, 0.25) is 0 Å². The molecular formula is C21H22N4O. The van der Waals surface area contributed by atoms with Crippen molar-refractivity contribution in [3.63, 3.8) is 0 Å². The fraction of sp³-hybridized carbons (Fsp3) is 0.143. The average Bonchev–Trinajstić information content (AvgIpc) is 2.68. The summed E-state index contributed by atoms with van der Waals surface area (Å²) in [5, 5.41) is 8.03. The predicted molar refractivity (Wildman–Crippen MR) is 105 cm³/mol. The SMILES string of the molecule is COc1ccc(CN(C(=N)N)c2ncccc2Cc2ccccc2)cc1. The molecule has 0 unspecified atom stereocenters. The van der Waals surface area contributed by atoms with E-state index in [9.17, 15) is 0 Å². The second kappa shape index (κ2) is 8.16.